The first-order valence-corrected chi connectivity index (χ1v) is 7.04. The summed E-state index contributed by atoms with van der Waals surface area (Å²) in [5.41, 5.74) is 7.45. The maximum Gasteiger partial charge on any atom is 0.249 e. The Bertz CT molecular complexity index is 761. The lowest BCUT2D eigenvalue weighted by Gasteiger charge is -2.06. The van der Waals surface area contributed by atoms with Crippen molar-refractivity contribution in [2.75, 3.05) is 0 Å². The van der Waals surface area contributed by atoms with Gasteiger partial charge in [-0.15, -0.1) is 10.2 Å². The van der Waals surface area contributed by atoms with Gasteiger partial charge in [0.1, 0.15) is 11.9 Å². The van der Waals surface area contributed by atoms with Crippen LogP contribution in [-0.2, 0) is 0 Å². The molecular formula is C15H11BrFN3O. The van der Waals surface area contributed by atoms with Gasteiger partial charge in [0.15, 0.2) is 0 Å². The molecule has 2 N–H and O–H groups in total. The van der Waals surface area contributed by atoms with Gasteiger partial charge in [0, 0.05) is 4.47 Å². The van der Waals surface area contributed by atoms with E-state index < -0.39 is 6.04 Å². The van der Waals surface area contributed by atoms with Crippen molar-refractivity contribution < 1.29 is 8.81 Å². The van der Waals surface area contributed by atoms with Crippen molar-refractivity contribution in [3.63, 3.8) is 0 Å². The van der Waals surface area contributed by atoms with E-state index in [9.17, 15) is 4.39 Å². The fraction of sp³-hybridized carbons (Fsp3) is 0.0667. The van der Waals surface area contributed by atoms with Crippen molar-refractivity contribution in [2.24, 2.45) is 5.73 Å². The Hall–Kier alpha value is -2.05. The lowest BCUT2D eigenvalue weighted by molar-refractivity contribution is 0.483. The van der Waals surface area contributed by atoms with Crippen molar-refractivity contribution in [1.29, 1.82) is 0 Å². The fourth-order valence-corrected chi connectivity index (χ4v) is 2.35. The topological polar surface area (TPSA) is 64.9 Å². The Morgan fingerprint density at radius 3 is 2.62 bits per heavy atom. The summed E-state index contributed by atoms with van der Waals surface area (Å²) in [7, 11) is 0. The maximum atomic E-state index is 13.3. The van der Waals surface area contributed by atoms with Crippen molar-refractivity contribution in [3.8, 4) is 11.5 Å². The highest BCUT2D eigenvalue weighted by molar-refractivity contribution is 9.10. The standard InChI is InChI=1S/C15H11BrFN3O/c16-12-7-6-10(17)8-11(12)14-19-20-15(21-14)13(18)9-4-2-1-3-5-9/h1-8,13H,18H2. The van der Waals surface area contributed by atoms with Gasteiger partial charge < -0.3 is 10.2 Å². The zero-order valence-electron chi connectivity index (χ0n) is 10.8. The third-order valence-corrected chi connectivity index (χ3v) is 3.72. The number of nitrogens with zero attached hydrogens (tertiary/aromatic N) is 2. The molecule has 0 radical (unpaired) electrons. The molecule has 0 bridgehead atoms. The molecule has 106 valence electrons. The summed E-state index contributed by atoms with van der Waals surface area (Å²) in [5, 5.41) is 7.90. The molecule has 21 heavy (non-hydrogen) atoms. The van der Waals surface area contributed by atoms with Gasteiger partial charge in [0.2, 0.25) is 11.8 Å². The number of hydrogen-bond acceptors (Lipinski definition) is 4. The molecule has 3 aromatic rings. The molecule has 6 heteroatoms. The molecule has 2 aromatic carbocycles. The van der Waals surface area contributed by atoms with E-state index in [0.29, 0.717) is 10.0 Å². The van der Waals surface area contributed by atoms with Crippen molar-refractivity contribution in [1.82, 2.24) is 10.2 Å². The molecule has 0 amide bonds. The van der Waals surface area contributed by atoms with Crippen LogP contribution < -0.4 is 5.73 Å². The minimum Gasteiger partial charge on any atom is -0.419 e. The van der Waals surface area contributed by atoms with Gasteiger partial charge in [-0.2, -0.15) is 0 Å². The Morgan fingerprint density at radius 1 is 1.10 bits per heavy atom. The van der Waals surface area contributed by atoms with E-state index >= 15 is 0 Å². The first-order chi connectivity index (χ1) is 10.1. The molecule has 0 aliphatic rings. The van der Waals surface area contributed by atoms with E-state index in [1.807, 2.05) is 30.3 Å². The van der Waals surface area contributed by atoms with Crippen molar-refractivity contribution in [2.45, 2.75) is 6.04 Å². The molecule has 3 rings (SSSR count). The summed E-state index contributed by atoms with van der Waals surface area (Å²) < 4.78 is 19.6. The summed E-state index contributed by atoms with van der Waals surface area (Å²) in [4.78, 5) is 0. The van der Waals surface area contributed by atoms with Gasteiger partial charge in [0.25, 0.3) is 0 Å². The normalized spacial score (nSPS) is 12.3. The van der Waals surface area contributed by atoms with Crippen LogP contribution in [0, 0.1) is 5.82 Å². The summed E-state index contributed by atoms with van der Waals surface area (Å²) in [6, 6.07) is 13.2. The number of hydrogen-bond donors (Lipinski definition) is 1. The summed E-state index contributed by atoms with van der Waals surface area (Å²) >= 11 is 3.33. The molecule has 0 aliphatic carbocycles. The zero-order chi connectivity index (χ0) is 14.8. The maximum absolute atomic E-state index is 13.3. The van der Waals surface area contributed by atoms with Gasteiger partial charge in [0.05, 0.1) is 5.56 Å². The van der Waals surface area contributed by atoms with Gasteiger partial charge in [-0.25, -0.2) is 4.39 Å². The van der Waals surface area contributed by atoms with Crippen LogP contribution in [0.25, 0.3) is 11.5 Å². The van der Waals surface area contributed by atoms with Crippen LogP contribution in [0.2, 0.25) is 0 Å². The Kier molecular flexibility index (Phi) is 3.81. The van der Waals surface area contributed by atoms with Crippen LogP contribution in [0.5, 0.6) is 0 Å². The third kappa shape index (κ3) is 2.86. The van der Waals surface area contributed by atoms with Crippen LogP contribution in [-0.4, -0.2) is 10.2 Å². The van der Waals surface area contributed by atoms with E-state index in [0.717, 1.165) is 5.56 Å². The van der Waals surface area contributed by atoms with E-state index in [2.05, 4.69) is 26.1 Å². The number of rotatable bonds is 3. The summed E-state index contributed by atoms with van der Waals surface area (Å²) in [5.74, 6) is 0.135. The lowest BCUT2D eigenvalue weighted by Crippen LogP contribution is -2.11. The second-order valence-corrected chi connectivity index (χ2v) is 5.31. The van der Waals surface area contributed by atoms with Crippen LogP contribution in [0.15, 0.2) is 57.4 Å². The van der Waals surface area contributed by atoms with Crippen molar-refractivity contribution in [3.05, 3.63) is 70.3 Å². The van der Waals surface area contributed by atoms with E-state index in [1.54, 1.807) is 6.07 Å². The minimum absolute atomic E-state index is 0.225. The van der Waals surface area contributed by atoms with Crippen LogP contribution in [0.1, 0.15) is 17.5 Å². The molecule has 0 saturated heterocycles. The molecule has 0 aliphatic heterocycles. The molecule has 0 fully saturated rings. The number of halogens is 2. The van der Waals surface area contributed by atoms with Gasteiger partial charge in [-0.1, -0.05) is 30.3 Å². The molecule has 1 unspecified atom stereocenters. The second-order valence-electron chi connectivity index (χ2n) is 4.46. The van der Waals surface area contributed by atoms with Crippen molar-refractivity contribution >= 4 is 15.9 Å². The predicted octanol–water partition coefficient (Wildman–Crippen LogP) is 3.69. The molecule has 1 atom stereocenters. The van der Waals surface area contributed by atoms with E-state index in [-0.39, 0.29) is 17.6 Å². The van der Waals surface area contributed by atoms with Crippen LogP contribution in [0.3, 0.4) is 0 Å². The molecular weight excluding hydrogens is 337 g/mol. The largest absolute Gasteiger partial charge is 0.419 e. The zero-order valence-corrected chi connectivity index (χ0v) is 12.4. The first kappa shape index (κ1) is 13.9. The highest BCUT2D eigenvalue weighted by Crippen LogP contribution is 2.29. The van der Waals surface area contributed by atoms with Crippen LogP contribution >= 0.6 is 15.9 Å². The number of aromatic nitrogens is 2. The quantitative estimate of drug-likeness (QED) is 0.784. The van der Waals surface area contributed by atoms with Crippen LogP contribution in [0.4, 0.5) is 4.39 Å². The highest BCUT2D eigenvalue weighted by atomic mass is 79.9. The molecule has 0 saturated carbocycles. The smallest absolute Gasteiger partial charge is 0.249 e. The number of benzene rings is 2. The Morgan fingerprint density at radius 2 is 1.86 bits per heavy atom. The molecule has 0 spiro atoms. The average molecular weight is 348 g/mol. The molecule has 1 aromatic heterocycles. The fourth-order valence-electron chi connectivity index (χ4n) is 1.93. The van der Waals surface area contributed by atoms with Gasteiger partial charge in [-0.05, 0) is 39.7 Å². The SMILES string of the molecule is NC(c1ccccc1)c1nnc(-c2cc(F)ccc2Br)o1. The summed E-state index contributed by atoms with van der Waals surface area (Å²) in [6.07, 6.45) is 0. The second kappa shape index (κ2) is 5.75. The highest BCUT2D eigenvalue weighted by Gasteiger charge is 2.18. The predicted molar refractivity (Wildman–Crippen MR) is 79.9 cm³/mol. The number of nitrogens with two attached hydrogens (primary N) is 1. The monoisotopic (exact) mass is 347 g/mol. The average Bonchev–Trinajstić information content (AvgIpc) is 2.99. The first-order valence-electron chi connectivity index (χ1n) is 6.24. The van der Waals surface area contributed by atoms with E-state index in [4.69, 9.17) is 10.2 Å². The van der Waals surface area contributed by atoms with E-state index in [1.165, 1.54) is 12.1 Å². The minimum atomic E-state index is -0.514. The van der Waals surface area contributed by atoms with Gasteiger partial charge in [-0.3, -0.25) is 0 Å². The summed E-state index contributed by atoms with van der Waals surface area (Å²) in [6.45, 7) is 0. The molecule has 4 nitrogen and oxygen atoms in total. The Balaban J connectivity index is 1.95. The third-order valence-electron chi connectivity index (χ3n) is 3.02. The van der Waals surface area contributed by atoms with Gasteiger partial charge >= 0.3 is 0 Å². The lowest BCUT2D eigenvalue weighted by atomic mass is 10.1. The Labute approximate surface area is 128 Å². The molecule has 1 heterocycles.